The number of fused-ring (bicyclic) bond motifs is 1. The van der Waals surface area contributed by atoms with Crippen LogP contribution in [0.25, 0.3) is 0 Å². The Hall–Kier alpha value is -2.16. The summed E-state index contributed by atoms with van der Waals surface area (Å²) in [6, 6.07) is 3.22. The molecule has 3 amide bonds. The smallest absolute Gasteiger partial charge is 0.255 e. The van der Waals surface area contributed by atoms with Crippen LogP contribution < -0.4 is 15.5 Å². The lowest BCUT2D eigenvalue weighted by molar-refractivity contribution is -0.136. The van der Waals surface area contributed by atoms with E-state index in [2.05, 4.69) is 20.4 Å². The van der Waals surface area contributed by atoms with Gasteiger partial charge in [-0.3, -0.25) is 19.7 Å². The highest BCUT2D eigenvalue weighted by Gasteiger charge is 2.40. The minimum absolute atomic E-state index is 0.175. The monoisotopic (exact) mass is 555 g/mol. The molecule has 5 aliphatic rings. The predicted octanol–water partition coefficient (Wildman–Crippen LogP) is 3.42. The van der Waals surface area contributed by atoms with Gasteiger partial charge in [0.15, 0.2) is 0 Å². The lowest BCUT2D eigenvalue weighted by Gasteiger charge is -2.39. The normalized spacial score (nSPS) is 26.3. The first-order chi connectivity index (χ1) is 19.0. The summed E-state index contributed by atoms with van der Waals surface area (Å²) in [5.41, 5.74) is 2.37. The third-order valence-corrected chi connectivity index (χ3v) is 10.4. The van der Waals surface area contributed by atoms with Crippen molar-refractivity contribution < 1.29 is 14.4 Å². The Morgan fingerprint density at radius 1 is 0.846 bits per heavy atom. The molecule has 1 aromatic rings. The van der Waals surface area contributed by atoms with Crippen molar-refractivity contribution in [2.45, 2.75) is 70.4 Å². The number of hydrogen-bond donors (Lipinski definition) is 2. The van der Waals surface area contributed by atoms with Crippen LogP contribution in [0.1, 0.15) is 73.7 Å². The second kappa shape index (κ2) is 11.8. The fourth-order valence-corrected chi connectivity index (χ4v) is 7.90. The minimum atomic E-state index is -0.618. The van der Waals surface area contributed by atoms with Gasteiger partial charge in [-0.25, -0.2) is 0 Å². The van der Waals surface area contributed by atoms with E-state index in [1.807, 2.05) is 12.1 Å². The van der Waals surface area contributed by atoms with Gasteiger partial charge in [-0.1, -0.05) is 11.6 Å². The minimum Gasteiger partial charge on any atom is -0.370 e. The number of nitrogens with one attached hydrogen (secondary N) is 2. The molecule has 0 aliphatic carbocycles. The molecule has 2 N–H and O–H groups in total. The molecular formula is C30H42ClN5O3. The largest absolute Gasteiger partial charge is 0.370 e. The van der Waals surface area contributed by atoms with Crippen molar-refractivity contribution in [2.75, 3.05) is 50.7 Å². The molecule has 1 unspecified atom stereocenters. The lowest BCUT2D eigenvalue weighted by atomic mass is 9.83. The number of hydrogen-bond acceptors (Lipinski definition) is 6. The van der Waals surface area contributed by atoms with E-state index in [4.69, 9.17) is 11.6 Å². The van der Waals surface area contributed by atoms with Crippen LogP contribution >= 0.6 is 11.6 Å². The number of anilines is 1. The number of imide groups is 1. The topological polar surface area (TPSA) is 85.0 Å². The highest BCUT2D eigenvalue weighted by atomic mass is 35.5. The molecule has 0 bridgehead atoms. The van der Waals surface area contributed by atoms with Crippen LogP contribution in [0.4, 0.5) is 5.69 Å². The van der Waals surface area contributed by atoms with Crippen molar-refractivity contribution >= 4 is 35.0 Å². The molecule has 8 nitrogen and oxygen atoms in total. The van der Waals surface area contributed by atoms with E-state index in [0.29, 0.717) is 23.6 Å². The molecule has 39 heavy (non-hydrogen) atoms. The summed E-state index contributed by atoms with van der Waals surface area (Å²) >= 11 is 6.91. The first-order valence-corrected chi connectivity index (χ1v) is 15.5. The van der Waals surface area contributed by atoms with Gasteiger partial charge in [0.25, 0.3) is 5.91 Å². The maximum Gasteiger partial charge on any atom is 0.255 e. The van der Waals surface area contributed by atoms with Gasteiger partial charge >= 0.3 is 0 Å². The molecular weight excluding hydrogens is 514 g/mol. The Morgan fingerprint density at radius 3 is 2.26 bits per heavy atom. The Labute approximate surface area is 236 Å². The van der Waals surface area contributed by atoms with E-state index in [0.717, 1.165) is 54.9 Å². The summed E-state index contributed by atoms with van der Waals surface area (Å²) in [6.45, 7) is 8.39. The molecule has 0 spiro atoms. The summed E-state index contributed by atoms with van der Waals surface area (Å²) in [6.07, 6.45) is 9.81. The summed E-state index contributed by atoms with van der Waals surface area (Å²) in [4.78, 5) is 43.7. The molecule has 9 heteroatoms. The number of halogens is 1. The number of amides is 3. The van der Waals surface area contributed by atoms with Crippen molar-refractivity contribution in [1.29, 1.82) is 0 Å². The maximum atomic E-state index is 13.1. The number of carbonyl (C=O) groups excluding carboxylic acids is 3. The number of likely N-dealkylation sites (tertiary alicyclic amines) is 1. The molecule has 0 aromatic heterocycles. The number of carbonyl (C=O) groups is 3. The van der Waals surface area contributed by atoms with E-state index < -0.39 is 11.9 Å². The van der Waals surface area contributed by atoms with Crippen molar-refractivity contribution in [3.8, 4) is 0 Å². The molecule has 6 rings (SSSR count). The quantitative estimate of drug-likeness (QED) is 0.523. The zero-order valence-electron chi connectivity index (χ0n) is 22.9. The summed E-state index contributed by atoms with van der Waals surface area (Å²) < 4.78 is 0. The fraction of sp³-hybridized carbons (Fsp3) is 0.700. The molecule has 0 saturated carbocycles. The Morgan fingerprint density at radius 2 is 1.54 bits per heavy atom. The van der Waals surface area contributed by atoms with Crippen LogP contribution in [-0.4, -0.2) is 79.4 Å². The van der Waals surface area contributed by atoms with Crippen LogP contribution in [0.3, 0.4) is 0 Å². The van der Waals surface area contributed by atoms with Crippen molar-refractivity contribution in [2.24, 2.45) is 17.8 Å². The third-order valence-electron chi connectivity index (χ3n) is 9.93. The van der Waals surface area contributed by atoms with Gasteiger partial charge in [0.2, 0.25) is 11.8 Å². The number of piperidine rings is 4. The first kappa shape index (κ1) is 27.0. The Balaban J connectivity index is 0.997. The maximum absolute atomic E-state index is 13.1. The average Bonchev–Trinajstić information content (AvgIpc) is 3.28. The van der Waals surface area contributed by atoms with Crippen LogP contribution in [-0.2, 0) is 16.1 Å². The zero-order valence-corrected chi connectivity index (χ0v) is 23.7. The number of nitrogens with zero attached hydrogens (tertiary/aromatic N) is 3. The molecule has 5 aliphatic heterocycles. The van der Waals surface area contributed by atoms with Crippen LogP contribution in [0.5, 0.6) is 0 Å². The molecule has 1 atom stereocenters. The molecule has 4 fully saturated rings. The zero-order chi connectivity index (χ0) is 26.9. The SMILES string of the molecule is O=C1CCC(N2Cc3c(ccc(N4CCC(CN5CCC(CC6CCNCC6)CC5)CC4)c3Cl)C2=O)C(=O)N1. The highest BCUT2D eigenvalue weighted by molar-refractivity contribution is 6.35. The van der Waals surface area contributed by atoms with Gasteiger partial charge < -0.3 is 20.0 Å². The van der Waals surface area contributed by atoms with Gasteiger partial charge in [-0.15, -0.1) is 0 Å². The van der Waals surface area contributed by atoms with E-state index >= 15 is 0 Å². The lowest BCUT2D eigenvalue weighted by Crippen LogP contribution is -2.52. The predicted molar refractivity (Wildman–Crippen MR) is 152 cm³/mol. The molecule has 5 heterocycles. The van der Waals surface area contributed by atoms with Crippen LogP contribution in [0, 0.1) is 17.8 Å². The number of benzene rings is 1. The van der Waals surface area contributed by atoms with Gasteiger partial charge in [-0.2, -0.15) is 0 Å². The second-order valence-corrected chi connectivity index (χ2v) is 12.8. The third kappa shape index (κ3) is 5.84. The summed E-state index contributed by atoms with van der Waals surface area (Å²) in [5.74, 6) is 1.74. The van der Waals surface area contributed by atoms with Crippen LogP contribution in [0.2, 0.25) is 5.02 Å². The molecule has 4 saturated heterocycles. The van der Waals surface area contributed by atoms with Crippen molar-refractivity contribution in [3.63, 3.8) is 0 Å². The Bertz CT molecular complexity index is 1090. The first-order valence-electron chi connectivity index (χ1n) is 15.1. The van der Waals surface area contributed by atoms with Gasteiger partial charge in [0.1, 0.15) is 6.04 Å². The molecule has 212 valence electrons. The van der Waals surface area contributed by atoms with E-state index in [9.17, 15) is 14.4 Å². The summed E-state index contributed by atoms with van der Waals surface area (Å²) in [5, 5.41) is 6.49. The van der Waals surface area contributed by atoms with Crippen LogP contribution in [0.15, 0.2) is 12.1 Å². The number of rotatable bonds is 6. The van der Waals surface area contributed by atoms with Crippen molar-refractivity contribution in [3.05, 3.63) is 28.3 Å². The van der Waals surface area contributed by atoms with E-state index in [-0.39, 0.29) is 18.2 Å². The van der Waals surface area contributed by atoms with Crippen molar-refractivity contribution in [1.82, 2.24) is 20.4 Å². The van der Waals surface area contributed by atoms with Gasteiger partial charge in [0.05, 0.1) is 10.7 Å². The molecule has 0 radical (unpaired) electrons. The van der Waals surface area contributed by atoms with E-state index in [1.165, 1.54) is 64.8 Å². The summed E-state index contributed by atoms with van der Waals surface area (Å²) in [7, 11) is 0. The second-order valence-electron chi connectivity index (χ2n) is 12.4. The highest BCUT2D eigenvalue weighted by Crippen LogP contribution is 2.39. The van der Waals surface area contributed by atoms with Gasteiger partial charge in [0, 0.05) is 43.7 Å². The Kier molecular flexibility index (Phi) is 8.15. The average molecular weight is 556 g/mol. The van der Waals surface area contributed by atoms with Gasteiger partial charge in [-0.05, 0) is 107 Å². The standard InChI is InChI=1S/C30H42ClN5O3/c31-28-24-19-36(26-3-4-27(37)33-29(26)38)30(39)23(24)1-2-25(28)35-15-9-22(10-16-35)18-34-13-7-21(8-14-34)17-20-5-11-32-12-6-20/h1-2,20-22,26,32H,3-19H2,(H,33,37,38). The van der Waals surface area contributed by atoms with E-state index in [1.54, 1.807) is 4.90 Å². The fourth-order valence-electron chi connectivity index (χ4n) is 7.55. The molecule has 1 aromatic carbocycles.